The van der Waals surface area contributed by atoms with Crippen molar-refractivity contribution in [3.8, 4) is 0 Å². The van der Waals surface area contributed by atoms with Gasteiger partial charge < -0.3 is 10.1 Å². The van der Waals surface area contributed by atoms with Crippen LogP contribution < -0.4 is 5.32 Å². The summed E-state index contributed by atoms with van der Waals surface area (Å²) in [5.74, 6) is 1.73. The minimum Gasteiger partial charge on any atom is -0.497 e. The van der Waals surface area contributed by atoms with Crippen molar-refractivity contribution >= 4 is 10.8 Å². The molecule has 1 unspecified atom stereocenters. The average molecular weight is 229 g/mol. The molecule has 0 bridgehead atoms. The molecule has 2 heterocycles. The van der Waals surface area contributed by atoms with Gasteiger partial charge in [0.2, 0.25) is 0 Å². The number of rotatable bonds is 3. The SMILES string of the molecule is O=S1CCC(NCC2CCC=CO2)CC1. The lowest BCUT2D eigenvalue weighted by Crippen LogP contribution is -2.40. The average Bonchev–Trinajstić information content (AvgIpc) is 2.30. The third-order valence-corrected chi connectivity index (χ3v) is 4.43. The van der Waals surface area contributed by atoms with Crippen LogP contribution in [0.2, 0.25) is 0 Å². The highest BCUT2D eigenvalue weighted by atomic mass is 32.2. The Hall–Kier alpha value is -0.350. The van der Waals surface area contributed by atoms with Crippen LogP contribution in [0.5, 0.6) is 0 Å². The van der Waals surface area contributed by atoms with Gasteiger partial charge in [0.25, 0.3) is 0 Å². The van der Waals surface area contributed by atoms with Crippen LogP contribution in [0, 0.1) is 0 Å². The summed E-state index contributed by atoms with van der Waals surface area (Å²) in [5, 5.41) is 3.52. The molecule has 15 heavy (non-hydrogen) atoms. The Balaban J connectivity index is 1.65. The first kappa shape index (κ1) is 11.1. The Morgan fingerprint density at radius 3 is 2.80 bits per heavy atom. The fraction of sp³-hybridized carbons (Fsp3) is 0.818. The monoisotopic (exact) mass is 229 g/mol. The van der Waals surface area contributed by atoms with Gasteiger partial charge in [0.05, 0.1) is 6.26 Å². The highest BCUT2D eigenvalue weighted by Crippen LogP contribution is 2.12. The van der Waals surface area contributed by atoms with Gasteiger partial charge in [0, 0.05) is 34.9 Å². The summed E-state index contributed by atoms with van der Waals surface area (Å²) in [6.45, 7) is 0.932. The van der Waals surface area contributed by atoms with Gasteiger partial charge in [-0.25, -0.2) is 0 Å². The summed E-state index contributed by atoms with van der Waals surface area (Å²) < 4.78 is 16.7. The second-order valence-corrected chi connectivity index (χ2v) is 5.93. The molecule has 2 aliphatic rings. The zero-order chi connectivity index (χ0) is 10.5. The van der Waals surface area contributed by atoms with E-state index >= 15 is 0 Å². The molecule has 2 rings (SSSR count). The van der Waals surface area contributed by atoms with E-state index in [0.717, 1.165) is 43.7 Å². The van der Waals surface area contributed by atoms with E-state index in [2.05, 4.69) is 11.4 Å². The zero-order valence-electron chi connectivity index (χ0n) is 8.98. The van der Waals surface area contributed by atoms with Gasteiger partial charge in [-0.15, -0.1) is 0 Å². The lowest BCUT2D eigenvalue weighted by Gasteiger charge is -2.26. The molecule has 3 nitrogen and oxygen atoms in total. The minimum atomic E-state index is -0.552. The molecule has 1 atom stereocenters. The van der Waals surface area contributed by atoms with Gasteiger partial charge >= 0.3 is 0 Å². The topological polar surface area (TPSA) is 38.3 Å². The molecule has 0 aromatic heterocycles. The number of nitrogens with one attached hydrogen (secondary N) is 1. The van der Waals surface area contributed by atoms with E-state index in [-0.39, 0.29) is 0 Å². The first-order valence-corrected chi connectivity index (χ1v) is 7.22. The van der Waals surface area contributed by atoms with Gasteiger partial charge in [-0.3, -0.25) is 4.21 Å². The first-order valence-electron chi connectivity index (χ1n) is 5.73. The largest absolute Gasteiger partial charge is 0.497 e. The van der Waals surface area contributed by atoms with Crippen LogP contribution in [0.25, 0.3) is 0 Å². The minimum absolute atomic E-state index is 0.336. The molecule has 0 amide bonds. The molecule has 2 aliphatic heterocycles. The Kier molecular flexibility index (Phi) is 4.20. The number of allylic oxidation sites excluding steroid dienone is 1. The Labute approximate surface area is 93.7 Å². The number of ether oxygens (including phenoxy) is 1. The van der Waals surface area contributed by atoms with Crippen LogP contribution in [0.3, 0.4) is 0 Å². The van der Waals surface area contributed by atoms with Crippen molar-refractivity contribution < 1.29 is 8.95 Å². The standard InChI is InChI=1S/C11H19NO2S/c13-15-7-4-10(5-8-15)12-9-11-3-1-2-6-14-11/h2,6,10-12H,1,3-5,7-9H2. The maximum Gasteiger partial charge on any atom is 0.110 e. The van der Waals surface area contributed by atoms with Crippen LogP contribution >= 0.6 is 0 Å². The van der Waals surface area contributed by atoms with E-state index in [1.165, 1.54) is 0 Å². The third kappa shape index (κ3) is 3.61. The summed E-state index contributed by atoms with van der Waals surface area (Å²) in [7, 11) is -0.552. The summed E-state index contributed by atoms with van der Waals surface area (Å²) in [5.41, 5.74) is 0. The maximum atomic E-state index is 11.2. The van der Waals surface area contributed by atoms with Gasteiger partial charge in [-0.1, -0.05) is 0 Å². The predicted molar refractivity (Wildman–Crippen MR) is 62.1 cm³/mol. The molecule has 1 saturated heterocycles. The van der Waals surface area contributed by atoms with Crippen molar-refractivity contribution in [1.29, 1.82) is 0 Å². The molecule has 0 spiro atoms. The van der Waals surface area contributed by atoms with E-state index in [0.29, 0.717) is 12.1 Å². The van der Waals surface area contributed by atoms with Crippen LogP contribution in [-0.4, -0.2) is 34.4 Å². The molecule has 0 radical (unpaired) electrons. The maximum absolute atomic E-state index is 11.2. The van der Waals surface area contributed by atoms with Crippen LogP contribution in [0.4, 0.5) is 0 Å². The summed E-state index contributed by atoms with van der Waals surface area (Å²) in [6, 6.07) is 0.553. The second-order valence-electron chi connectivity index (χ2n) is 4.24. The third-order valence-electron chi connectivity index (χ3n) is 3.04. The van der Waals surface area contributed by atoms with E-state index in [9.17, 15) is 4.21 Å². The zero-order valence-corrected chi connectivity index (χ0v) is 9.80. The molecule has 0 saturated carbocycles. The van der Waals surface area contributed by atoms with Crippen molar-refractivity contribution in [2.24, 2.45) is 0 Å². The molecular weight excluding hydrogens is 210 g/mol. The van der Waals surface area contributed by atoms with Crippen LogP contribution in [0.15, 0.2) is 12.3 Å². The first-order chi connectivity index (χ1) is 7.34. The van der Waals surface area contributed by atoms with E-state index in [1.807, 2.05) is 6.26 Å². The fourth-order valence-corrected chi connectivity index (χ4v) is 3.33. The van der Waals surface area contributed by atoms with E-state index in [1.54, 1.807) is 0 Å². The number of hydrogen-bond acceptors (Lipinski definition) is 3. The molecular formula is C11H19NO2S. The van der Waals surface area contributed by atoms with Crippen molar-refractivity contribution in [1.82, 2.24) is 5.32 Å². The molecule has 0 aromatic rings. The fourth-order valence-electron chi connectivity index (χ4n) is 2.03. The molecule has 0 aliphatic carbocycles. The smallest absolute Gasteiger partial charge is 0.110 e. The summed E-state index contributed by atoms with van der Waals surface area (Å²) in [4.78, 5) is 0. The van der Waals surface area contributed by atoms with Gasteiger partial charge in [-0.05, 0) is 31.8 Å². The van der Waals surface area contributed by atoms with Crippen molar-refractivity contribution in [2.45, 2.75) is 37.8 Å². The normalized spacial score (nSPS) is 36.1. The molecule has 86 valence electrons. The molecule has 0 aromatic carbocycles. The van der Waals surface area contributed by atoms with Crippen molar-refractivity contribution in [3.05, 3.63) is 12.3 Å². The van der Waals surface area contributed by atoms with E-state index < -0.39 is 10.8 Å². The molecule has 1 N–H and O–H groups in total. The summed E-state index contributed by atoms with van der Waals surface area (Å²) >= 11 is 0. The van der Waals surface area contributed by atoms with Crippen molar-refractivity contribution in [3.63, 3.8) is 0 Å². The van der Waals surface area contributed by atoms with Crippen LogP contribution in [0.1, 0.15) is 25.7 Å². The lowest BCUT2D eigenvalue weighted by molar-refractivity contribution is 0.118. The summed E-state index contributed by atoms with van der Waals surface area (Å²) in [6.07, 6.45) is 8.56. The molecule has 1 fully saturated rings. The Bertz CT molecular complexity index is 245. The number of hydrogen-bond donors (Lipinski definition) is 1. The Morgan fingerprint density at radius 2 is 2.13 bits per heavy atom. The van der Waals surface area contributed by atoms with Crippen LogP contribution in [-0.2, 0) is 15.5 Å². The quantitative estimate of drug-likeness (QED) is 0.790. The highest BCUT2D eigenvalue weighted by molar-refractivity contribution is 7.85. The second kappa shape index (κ2) is 5.66. The van der Waals surface area contributed by atoms with Gasteiger partial charge in [0.1, 0.15) is 6.10 Å². The van der Waals surface area contributed by atoms with Gasteiger partial charge in [-0.2, -0.15) is 0 Å². The van der Waals surface area contributed by atoms with Gasteiger partial charge in [0.15, 0.2) is 0 Å². The lowest BCUT2D eigenvalue weighted by atomic mass is 10.1. The van der Waals surface area contributed by atoms with Crippen molar-refractivity contribution in [2.75, 3.05) is 18.1 Å². The Morgan fingerprint density at radius 1 is 1.33 bits per heavy atom. The highest BCUT2D eigenvalue weighted by Gasteiger charge is 2.19. The van der Waals surface area contributed by atoms with E-state index in [4.69, 9.17) is 4.74 Å². The predicted octanol–water partition coefficient (Wildman–Crippen LogP) is 1.18. The molecule has 4 heteroatoms.